The van der Waals surface area contributed by atoms with Crippen molar-refractivity contribution in [3.05, 3.63) is 59.2 Å². The van der Waals surface area contributed by atoms with E-state index >= 15 is 0 Å². The second-order valence-corrected chi connectivity index (χ2v) is 6.71. The van der Waals surface area contributed by atoms with Crippen LogP contribution >= 0.6 is 0 Å². The van der Waals surface area contributed by atoms with Gasteiger partial charge in [-0.25, -0.2) is 4.79 Å². The lowest BCUT2D eigenvalue weighted by molar-refractivity contribution is -0.137. The third-order valence-electron chi connectivity index (χ3n) is 4.60. The minimum atomic E-state index is -0.459. The number of esters is 1. The van der Waals surface area contributed by atoms with Gasteiger partial charge in [-0.2, -0.15) is 0 Å². The first kappa shape index (κ1) is 20.7. The van der Waals surface area contributed by atoms with Gasteiger partial charge in [-0.05, 0) is 30.7 Å². The van der Waals surface area contributed by atoms with Gasteiger partial charge in [-0.1, -0.05) is 29.8 Å². The Hall–Kier alpha value is -3.06. The summed E-state index contributed by atoms with van der Waals surface area (Å²) in [5, 5.41) is 0. The van der Waals surface area contributed by atoms with E-state index in [2.05, 4.69) is 0 Å². The van der Waals surface area contributed by atoms with Crippen LogP contribution in [0.5, 0.6) is 11.5 Å². The zero-order chi connectivity index (χ0) is 20.6. The lowest BCUT2D eigenvalue weighted by Gasteiger charge is -2.26. The van der Waals surface area contributed by atoms with Crippen molar-refractivity contribution in [2.24, 2.45) is 0 Å². The summed E-state index contributed by atoms with van der Waals surface area (Å²) in [6, 6.07) is 12.5. The van der Waals surface area contributed by atoms with E-state index < -0.39 is 5.97 Å². The first-order valence-electron chi connectivity index (χ1n) is 9.46. The second-order valence-electron chi connectivity index (χ2n) is 6.71. The largest absolute Gasteiger partial charge is 0.493 e. The third kappa shape index (κ3) is 5.71. The molecule has 2 aromatic rings. The predicted octanol–water partition coefficient (Wildman–Crippen LogP) is 2.60. The van der Waals surface area contributed by atoms with Crippen LogP contribution in [0, 0.1) is 6.92 Å². The van der Waals surface area contributed by atoms with Crippen LogP contribution in [0.4, 0.5) is 0 Å². The number of aryl methyl sites for hydroxylation is 1. The highest BCUT2D eigenvalue weighted by Gasteiger charge is 2.19. The molecule has 3 rings (SSSR count). The van der Waals surface area contributed by atoms with Crippen LogP contribution < -0.4 is 9.47 Å². The Morgan fingerprint density at radius 3 is 2.45 bits per heavy atom. The minimum absolute atomic E-state index is 0.104. The molecule has 29 heavy (non-hydrogen) atoms. The van der Waals surface area contributed by atoms with E-state index in [1.807, 2.05) is 31.2 Å². The van der Waals surface area contributed by atoms with Crippen molar-refractivity contribution in [2.45, 2.75) is 13.5 Å². The van der Waals surface area contributed by atoms with Gasteiger partial charge in [-0.15, -0.1) is 0 Å². The van der Waals surface area contributed by atoms with E-state index in [0.717, 1.165) is 11.1 Å². The predicted molar refractivity (Wildman–Crippen MR) is 106 cm³/mol. The van der Waals surface area contributed by atoms with Crippen LogP contribution in [0.3, 0.4) is 0 Å². The molecule has 154 valence electrons. The highest BCUT2D eigenvalue weighted by molar-refractivity contribution is 5.90. The fraction of sp³-hybridized carbons (Fsp3) is 0.364. The quantitative estimate of drug-likeness (QED) is 0.667. The van der Waals surface area contributed by atoms with Gasteiger partial charge in [0.2, 0.25) is 0 Å². The molecule has 1 amide bonds. The Balaban J connectivity index is 1.57. The summed E-state index contributed by atoms with van der Waals surface area (Å²) in [5.41, 5.74) is 2.41. The van der Waals surface area contributed by atoms with Crippen LogP contribution in [0.25, 0.3) is 0 Å². The van der Waals surface area contributed by atoms with Crippen molar-refractivity contribution in [3.8, 4) is 11.5 Å². The van der Waals surface area contributed by atoms with E-state index in [1.165, 1.54) is 7.11 Å². The van der Waals surface area contributed by atoms with Gasteiger partial charge in [0, 0.05) is 13.1 Å². The first-order valence-corrected chi connectivity index (χ1v) is 9.46. The summed E-state index contributed by atoms with van der Waals surface area (Å²) in [6.45, 7) is 4.28. The molecule has 2 aromatic carbocycles. The average Bonchev–Trinajstić information content (AvgIpc) is 2.77. The maximum atomic E-state index is 12.3. The molecular formula is C22H25NO6. The molecule has 1 heterocycles. The zero-order valence-corrected chi connectivity index (χ0v) is 16.7. The van der Waals surface area contributed by atoms with Crippen molar-refractivity contribution < 1.29 is 28.5 Å². The standard InChI is InChI=1S/C22H25NO6/c1-16-3-5-17(6-4-16)14-29-22(25)18-7-8-19(20(13-18)26-2)28-15-21(24)23-9-11-27-12-10-23/h3-8,13H,9-12,14-15H2,1-2H3. The molecular weight excluding hydrogens is 374 g/mol. The summed E-state index contributed by atoms with van der Waals surface area (Å²) >= 11 is 0. The molecule has 1 saturated heterocycles. The number of carbonyl (C=O) groups excluding carboxylic acids is 2. The molecule has 0 N–H and O–H groups in total. The Kier molecular flexibility index (Phi) is 7.08. The van der Waals surface area contributed by atoms with Gasteiger partial charge in [0.15, 0.2) is 18.1 Å². The number of nitrogens with zero attached hydrogens (tertiary/aromatic N) is 1. The number of rotatable bonds is 7. The van der Waals surface area contributed by atoms with Crippen molar-refractivity contribution >= 4 is 11.9 Å². The van der Waals surface area contributed by atoms with E-state index in [-0.39, 0.29) is 19.1 Å². The van der Waals surface area contributed by atoms with Crippen molar-refractivity contribution in [1.82, 2.24) is 4.90 Å². The van der Waals surface area contributed by atoms with Gasteiger partial charge in [-0.3, -0.25) is 4.79 Å². The summed E-state index contributed by atoms with van der Waals surface area (Å²) < 4.78 is 21.5. The highest BCUT2D eigenvalue weighted by Crippen LogP contribution is 2.28. The molecule has 1 aliphatic heterocycles. The van der Waals surface area contributed by atoms with Crippen LogP contribution in [0.1, 0.15) is 21.5 Å². The smallest absolute Gasteiger partial charge is 0.338 e. The molecule has 0 spiro atoms. The Bertz CT molecular complexity index is 843. The van der Waals surface area contributed by atoms with Crippen LogP contribution in [-0.4, -0.2) is 56.8 Å². The lowest BCUT2D eigenvalue weighted by atomic mass is 10.1. The topological polar surface area (TPSA) is 74.3 Å². The van der Waals surface area contributed by atoms with Gasteiger partial charge >= 0.3 is 5.97 Å². The first-order chi connectivity index (χ1) is 14.1. The molecule has 0 aliphatic carbocycles. The SMILES string of the molecule is COc1cc(C(=O)OCc2ccc(C)cc2)ccc1OCC(=O)N1CCOCC1. The maximum absolute atomic E-state index is 12.3. The zero-order valence-electron chi connectivity index (χ0n) is 16.7. The van der Waals surface area contributed by atoms with Crippen LogP contribution in [0.2, 0.25) is 0 Å². The van der Waals surface area contributed by atoms with Crippen molar-refractivity contribution in [1.29, 1.82) is 0 Å². The number of morpholine rings is 1. The number of hydrogen-bond donors (Lipinski definition) is 0. The average molecular weight is 399 g/mol. The number of amides is 1. The van der Waals surface area contributed by atoms with Gasteiger partial charge in [0.1, 0.15) is 6.61 Å². The summed E-state index contributed by atoms with van der Waals surface area (Å²) in [6.07, 6.45) is 0. The van der Waals surface area contributed by atoms with E-state index in [9.17, 15) is 9.59 Å². The fourth-order valence-electron chi connectivity index (χ4n) is 2.87. The maximum Gasteiger partial charge on any atom is 0.338 e. The molecule has 1 aliphatic rings. The van der Waals surface area contributed by atoms with E-state index in [4.69, 9.17) is 18.9 Å². The number of hydrogen-bond acceptors (Lipinski definition) is 6. The lowest BCUT2D eigenvalue weighted by Crippen LogP contribution is -2.43. The Morgan fingerprint density at radius 2 is 1.76 bits per heavy atom. The Morgan fingerprint density at radius 1 is 1.03 bits per heavy atom. The number of carbonyl (C=O) groups is 2. The minimum Gasteiger partial charge on any atom is -0.493 e. The molecule has 0 aromatic heterocycles. The molecule has 1 fully saturated rings. The van der Waals surface area contributed by atoms with Crippen LogP contribution in [0.15, 0.2) is 42.5 Å². The van der Waals surface area contributed by atoms with Gasteiger partial charge in [0.25, 0.3) is 5.91 Å². The summed E-state index contributed by atoms with van der Waals surface area (Å²) in [4.78, 5) is 26.3. The normalized spacial score (nSPS) is 13.7. The summed E-state index contributed by atoms with van der Waals surface area (Å²) in [7, 11) is 1.48. The number of ether oxygens (including phenoxy) is 4. The molecule has 0 atom stereocenters. The third-order valence-corrected chi connectivity index (χ3v) is 4.60. The molecule has 7 nitrogen and oxygen atoms in total. The molecule has 0 unspecified atom stereocenters. The van der Waals surface area contributed by atoms with Crippen molar-refractivity contribution in [3.63, 3.8) is 0 Å². The monoisotopic (exact) mass is 399 g/mol. The van der Waals surface area contributed by atoms with E-state index in [1.54, 1.807) is 23.1 Å². The number of methoxy groups -OCH3 is 1. The Labute approximate surface area is 170 Å². The number of benzene rings is 2. The second kappa shape index (κ2) is 9.93. The molecule has 0 radical (unpaired) electrons. The highest BCUT2D eigenvalue weighted by atomic mass is 16.5. The molecule has 0 bridgehead atoms. The summed E-state index contributed by atoms with van der Waals surface area (Å²) in [5.74, 6) is 0.186. The molecule has 0 saturated carbocycles. The van der Waals surface area contributed by atoms with Crippen molar-refractivity contribution in [2.75, 3.05) is 40.0 Å². The van der Waals surface area contributed by atoms with Crippen LogP contribution in [-0.2, 0) is 20.9 Å². The molecule has 7 heteroatoms. The fourth-order valence-corrected chi connectivity index (χ4v) is 2.87. The van der Waals surface area contributed by atoms with E-state index in [0.29, 0.717) is 43.4 Å². The van der Waals surface area contributed by atoms with Gasteiger partial charge < -0.3 is 23.8 Å². The van der Waals surface area contributed by atoms with Gasteiger partial charge in [0.05, 0.1) is 25.9 Å².